The lowest BCUT2D eigenvalue weighted by molar-refractivity contribution is 0.0942. The molecule has 0 aliphatic rings. The maximum atomic E-state index is 13.0. The van der Waals surface area contributed by atoms with Crippen molar-refractivity contribution in [3.05, 3.63) is 59.4 Å². The van der Waals surface area contributed by atoms with Gasteiger partial charge in [0, 0.05) is 0 Å². The average molecular weight is 324 g/mol. The Labute approximate surface area is 126 Å². The Morgan fingerprint density at radius 3 is 2.50 bits per heavy atom. The van der Waals surface area contributed by atoms with E-state index in [1.807, 2.05) is 10.3 Å². The Kier molecular flexibility index (Phi) is 4.43. The third-order valence-corrected chi connectivity index (χ3v) is 4.28. The van der Waals surface area contributed by atoms with Gasteiger partial charge in [0.2, 0.25) is 0 Å². The molecule has 2 rings (SSSR count). The third-order valence-electron chi connectivity index (χ3n) is 2.87. The summed E-state index contributed by atoms with van der Waals surface area (Å²) in [7, 11) is -4.05. The molecule has 0 aromatic heterocycles. The average Bonchev–Trinajstić information content (AvgIpc) is 2.45. The Hall–Kier alpha value is -2.45. The predicted octanol–water partition coefficient (Wildman–Crippen LogP) is 1.46. The van der Waals surface area contributed by atoms with Crippen molar-refractivity contribution in [3.8, 4) is 5.75 Å². The van der Waals surface area contributed by atoms with E-state index < -0.39 is 21.7 Å². The smallest absolute Gasteiger partial charge is 0.269 e. The van der Waals surface area contributed by atoms with Gasteiger partial charge in [0.25, 0.3) is 15.9 Å². The van der Waals surface area contributed by atoms with E-state index in [9.17, 15) is 22.7 Å². The molecule has 0 aliphatic heterocycles. The van der Waals surface area contributed by atoms with Crippen molar-refractivity contribution in [1.29, 1.82) is 0 Å². The number of hydrogen-bond acceptors (Lipinski definition) is 4. The molecule has 0 aliphatic carbocycles. The number of rotatable bonds is 4. The number of aromatic hydroxyl groups is 1. The van der Waals surface area contributed by atoms with E-state index in [2.05, 4.69) is 0 Å². The van der Waals surface area contributed by atoms with Crippen LogP contribution in [-0.4, -0.2) is 19.4 Å². The summed E-state index contributed by atoms with van der Waals surface area (Å²) < 4.78 is 37.2. The van der Waals surface area contributed by atoms with E-state index in [4.69, 9.17) is 0 Å². The number of sulfonamides is 1. The monoisotopic (exact) mass is 324 g/mol. The minimum Gasteiger partial charge on any atom is -0.507 e. The molecule has 116 valence electrons. The molecule has 3 N–H and O–H groups in total. The SMILES string of the molecule is Cc1cc(F)ccc1S(=O)(=O)NNC(=O)c1ccccc1O. The molecule has 0 radical (unpaired) electrons. The fourth-order valence-electron chi connectivity index (χ4n) is 1.82. The van der Waals surface area contributed by atoms with Gasteiger partial charge in [-0.1, -0.05) is 12.1 Å². The number of amides is 1. The van der Waals surface area contributed by atoms with Crippen LogP contribution < -0.4 is 10.3 Å². The van der Waals surface area contributed by atoms with Crippen LogP contribution in [0.15, 0.2) is 47.4 Å². The van der Waals surface area contributed by atoms with Crippen LogP contribution in [0.2, 0.25) is 0 Å². The molecule has 22 heavy (non-hydrogen) atoms. The van der Waals surface area contributed by atoms with E-state index in [1.54, 1.807) is 0 Å². The first kappa shape index (κ1) is 15.9. The molecule has 0 bridgehead atoms. The van der Waals surface area contributed by atoms with Gasteiger partial charge >= 0.3 is 0 Å². The number of aryl methyl sites for hydroxylation is 1. The van der Waals surface area contributed by atoms with Gasteiger partial charge in [-0.3, -0.25) is 10.2 Å². The lowest BCUT2D eigenvalue weighted by Crippen LogP contribution is -2.41. The second kappa shape index (κ2) is 6.12. The van der Waals surface area contributed by atoms with Gasteiger partial charge in [-0.2, -0.15) is 0 Å². The molecule has 2 aromatic carbocycles. The minimum atomic E-state index is -4.05. The fourth-order valence-corrected chi connectivity index (χ4v) is 2.88. The van der Waals surface area contributed by atoms with Crippen molar-refractivity contribution >= 4 is 15.9 Å². The van der Waals surface area contributed by atoms with E-state index in [0.29, 0.717) is 0 Å². The first-order chi connectivity index (χ1) is 10.3. The van der Waals surface area contributed by atoms with Crippen LogP contribution in [-0.2, 0) is 10.0 Å². The highest BCUT2D eigenvalue weighted by Crippen LogP contribution is 2.17. The highest BCUT2D eigenvalue weighted by Gasteiger charge is 2.19. The van der Waals surface area contributed by atoms with Crippen LogP contribution in [0.5, 0.6) is 5.75 Å². The predicted molar refractivity (Wildman–Crippen MR) is 77.0 cm³/mol. The van der Waals surface area contributed by atoms with Gasteiger partial charge in [0.05, 0.1) is 10.5 Å². The largest absolute Gasteiger partial charge is 0.507 e. The summed E-state index contributed by atoms with van der Waals surface area (Å²) in [6.07, 6.45) is 0. The summed E-state index contributed by atoms with van der Waals surface area (Å²) in [6, 6.07) is 8.85. The molecular weight excluding hydrogens is 311 g/mol. The van der Waals surface area contributed by atoms with Gasteiger partial charge in [0.1, 0.15) is 11.6 Å². The van der Waals surface area contributed by atoms with E-state index in [-0.39, 0.29) is 21.8 Å². The molecule has 1 amide bonds. The highest BCUT2D eigenvalue weighted by atomic mass is 32.2. The topological polar surface area (TPSA) is 95.5 Å². The van der Waals surface area contributed by atoms with Crippen molar-refractivity contribution in [2.24, 2.45) is 0 Å². The van der Waals surface area contributed by atoms with Crippen LogP contribution in [0.4, 0.5) is 4.39 Å². The molecule has 0 fully saturated rings. The number of carbonyl (C=O) groups excluding carboxylic acids is 1. The van der Waals surface area contributed by atoms with Gasteiger partial charge in [-0.15, -0.1) is 4.83 Å². The van der Waals surface area contributed by atoms with Crippen LogP contribution in [0.25, 0.3) is 0 Å². The molecule has 0 saturated carbocycles. The first-order valence-corrected chi connectivity index (χ1v) is 7.66. The Morgan fingerprint density at radius 1 is 1.18 bits per heavy atom. The number of hydrazine groups is 1. The number of halogens is 1. The number of para-hydroxylation sites is 1. The highest BCUT2D eigenvalue weighted by molar-refractivity contribution is 7.89. The molecule has 0 saturated heterocycles. The number of nitrogens with one attached hydrogen (secondary N) is 2. The molecule has 0 atom stereocenters. The first-order valence-electron chi connectivity index (χ1n) is 6.17. The van der Waals surface area contributed by atoms with Crippen LogP contribution >= 0.6 is 0 Å². The zero-order valence-electron chi connectivity index (χ0n) is 11.5. The summed E-state index contributed by atoms with van der Waals surface area (Å²) in [5, 5.41) is 9.52. The summed E-state index contributed by atoms with van der Waals surface area (Å²) >= 11 is 0. The van der Waals surface area contributed by atoms with E-state index in [0.717, 1.165) is 18.2 Å². The van der Waals surface area contributed by atoms with Crippen molar-refractivity contribution in [1.82, 2.24) is 10.3 Å². The summed E-state index contributed by atoms with van der Waals surface area (Å²) in [5.74, 6) is -1.66. The second-order valence-electron chi connectivity index (χ2n) is 4.49. The summed E-state index contributed by atoms with van der Waals surface area (Å²) in [4.78, 5) is 13.6. The third kappa shape index (κ3) is 3.41. The van der Waals surface area contributed by atoms with Crippen LogP contribution in [0.3, 0.4) is 0 Å². The normalized spacial score (nSPS) is 11.2. The molecular formula is C14H13FN2O4S. The van der Waals surface area contributed by atoms with E-state index >= 15 is 0 Å². The summed E-state index contributed by atoms with van der Waals surface area (Å²) in [6.45, 7) is 1.43. The molecule has 0 spiro atoms. The molecule has 6 nitrogen and oxygen atoms in total. The zero-order chi connectivity index (χ0) is 16.3. The number of phenols is 1. The fraction of sp³-hybridized carbons (Fsp3) is 0.0714. The van der Waals surface area contributed by atoms with Gasteiger partial charge in [0.15, 0.2) is 0 Å². The standard InChI is InChI=1S/C14H13FN2O4S/c1-9-8-10(15)6-7-13(9)22(20,21)17-16-14(19)11-4-2-3-5-12(11)18/h2-8,17-18H,1H3,(H,16,19). The maximum absolute atomic E-state index is 13.0. The van der Waals surface area contributed by atoms with Gasteiger partial charge in [-0.05, 0) is 42.8 Å². The van der Waals surface area contributed by atoms with Crippen LogP contribution in [0, 0.1) is 12.7 Å². The Bertz CT molecular complexity index is 821. The van der Waals surface area contributed by atoms with Crippen molar-refractivity contribution < 1.29 is 22.7 Å². The molecule has 0 heterocycles. The van der Waals surface area contributed by atoms with Crippen molar-refractivity contribution in [2.75, 3.05) is 0 Å². The maximum Gasteiger partial charge on any atom is 0.269 e. The van der Waals surface area contributed by atoms with E-state index in [1.165, 1.54) is 31.2 Å². The number of hydrogen-bond donors (Lipinski definition) is 3. The second-order valence-corrected chi connectivity index (χ2v) is 6.14. The molecule has 2 aromatic rings. The summed E-state index contributed by atoms with van der Waals surface area (Å²) in [5.41, 5.74) is 2.11. The lowest BCUT2D eigenvalue weighted by atomic mass is 10.2. The quantitative estimate of drug-likeness (QED) is 0.742. The molecule has 0 unspecified atom stereocenters. The minimum absolute atomic E-state index is 0.0824. The lowest BCUT2D eigenvalue weighted by Gasteiger charge is -2.11. The number of benzene rings is 2. The number of phenolic OH excluding ortho intramolecular Hbond substituents is 1. The Balaban J connectivity index is 2.17. The zero-order valence-corrected chi connectivity index (χ0v) is 12.3. The Morgan fingerprint density at radius 2 is 1.86 bits per heavy atom. The van der Waals surface area contributed by atoms with Gasteiger partial charge < -0.3 is 5.11 Å². The van der Waals surface area contributed by atoms with Crippen molar-refractivity contribution in [2.45, 2.75) is 11.8 Å². The molecule has 8 heteroatoms. The van der Waals surface area contributed by atoms with Crippen molar-refractivity contribution in [3.63, 3.8) is 0 Å². The number of carbonyl (C=O) groups is 1. The van der Waals surface area contributed by atoms with Gasteiger partial charge in [-0.25, -0.2) is 12.8 Å². The van der Waals surface area contributed by atoms with Crippen LogP contribution in [0.1, 0.15) is 15.9 Å².